The standard InChI is InChI=1S/C20H15N3O3S/c21-12-14-6-8-16(9-7-14)26-13-18(24)22-23-20(25)19-17(10-11-27-19)15-4-2-1-3-5-15/h1-11H,13H2,(H,22,24)(H,23,25). The van der Waals surface area contributed by atoms with E-state index in [-0.39, 0.29) is 6.61 Å². The first-order valence-corrected chi connectivity index (χ1v) is 8.90. The fraction of sp³-hybridized carbons (Fsp3) is 0.0500. The van der Waals surface area contributed by atoms with Crippen LogP contribution in [0, 0.1) is 11.3 Å². The second-order valence-electron chi connectivity index (χ2n) is 5.46. The fourth-order valence-electron chi connectivity index (χ4n) is 2.32. The van der Waals surface area contributed by atoms with Gasteiger partial charge in [-0.25, -0.2) is 0 Å². The Morgan fingerprint density at radius 3 is 2.44 bits per heavy atom. The van der Waals surface area contributed by atoms with Gasteiger partial charge < -0.3 is 4.74 Å². The first-order valence-electron chi connectivity index (χ1n) is 8.02. The van der Waals surface area contributed by atoms with Crippen LogP contribution in [0.1, 0.15) is 15.2 Å². The molecule has 1 aromatic heterocycles. The van der Waals surface area contributed by atoms with E-state index in [1.54, 1.807) is 24.3 Å². The molecule has 0 spiro atoms. The molecule has 7 heteroatoms. The number of carbonyl (C=O) groups excluding carboxylic acids is 2. The number of amides is 2. The molecule has 0 radical (unpaired) electrons. The minimum absolute atomic E-state index is 0.262. The quantitative estimate of drug-likeness (QED) is 0.668. The van der Waals surface area contributed by atoms with Crippen molar-refractivity contribution < 1.29 is 14.3 Å². The van der Waals surface area contributed by atoms with Crippen LogP contribution in [0.15, 0.2) is 66.0 Å². The van der Waals surface area contributed by atoms with Crippen LogP contribution in [-0.4, -0.2) is 18.4 Å². The highest BCUT2D eigenvalue weighted by Crippen LogP contribution is 2.27. The molecule has 3 rings (SSSR count). The van der Waals surface area contributed by atoms with Crippen LogP contribution in [0.2, 0.25) is 0 Å². The summed E-state index contributed by atoms with van der Waals surface area (Å²) in [4.78, 5) is 24.7. The summed E-state index contributed by atoms with van der Waals surface area (Å²) in [5.74, 6) is -0.429. The third kappa shape index (κ3) is 4.71. The Balaban J connectivity index is 1.53. The molecule has 0 bridgehead atoms. The van der Waals surface area contributed by atoms with E-state index in [0.717, 1.165) is 11.1 Å². The number of hydrogen-bond acceptors (Lipinski definition) is 5. The number of thiophene rings is 1. The van der Waals surface area contributed by atoms with Crippen LogP contribution in [0.3, 0.4) is 0 Å². The molecule has 0 aliphatic rings. The van der Waals surface area contributed by atoms with E-state index < -0.39 is 11.8 Å². The third-order valence-corrected chi connectivity index (χ3v) is 4.54. The molecular weight excluding hydrogens is 362 g/mol. The van der Waals surface area contributed by atoms with Gasteiger partial charge in [0.15, 0.2) is 6.61 Å². The summed E-state index contributed by atoms with van der Waals surface area (Å²) in [7, 11) is 0. The molecule has 2 amide bonds. The lowest BCUT2D eigenvalue weighted by Gasteiger charge is -2.09. The number of hydrazine groups is 1. The SMILES string of the molecule is N#Cc1ccc(OCC(=O)NNC(=O)c2sccc2-c2ccccc2)cc1. The van der Waals surface area contributed by atoms with Crippen LogP contribution in [0.5, 0.6) is 5.75 Å². The van der Waals surface area contributed by atoms with Crippen molar-refractivity contribution in [1.29, 1.82) is 5.26 Å². The zero-order valence-corrected chi connectivity index (χ0v) is 15.0. The number of nitriles is 1. The van der Waals surface area contributed by atoms with Gasteiger partial charge in [0.2, 0.25) is 0 Å². The summed E-state index contributed by atoms with van der Waals surface area (Å²) in [6.45, 7) is -0.262. The minimum Gasteiger partial charge on any atom is -0.484 e. The van der Waals surface area contributed by atoms with E-state index in [0.29, 0.717) is 16.2 Å². The van der Waals surface area contributed by atoms with Crippen LogP contribution < -0.4 is 15.6 Å². The number of ether oxygens (including phenoxy) is 1. The lowest BCUT2D eigenvalue weighted by atomic mass is 10.1. The highest BCUT2D eigenvalue weighted by atomic mass is 32.1. The zero-order valence-electron chi connectivity index (χ0n) is 14.1. The van der Waals surface area contributed by atoms with Gasteiger partial charge in [-0.1, -0.05) is 30.3 Å². The third-order valence-electron chi connectivity index (χ3n) is 3.63. The molecule has 2 N–H and O–H groups in total. The van der Waals surface area contributed by atoms with Gasteiger partial charge in [-0.2, -0.15) is 5.26 Å². The Morgan fingerprint density at radius 1 is 1.00 bits per heavy atom. The predicted molar refractivity (Wildman–Crippen MR) is 102 cm³/mol. The molecule has 0 saturated heterocycles. The average molecular weight is 377 g/mol. The van der Waals surface area contributed by atoms with Crippen LogP contribution in [0.4, 0.5) is 0 Å². The molecule has 3 aromatic rings. The van der Waals surface area contributed by atoms with E-state index in [2.05, 4.69) is 10.9 Å². The monoisotopic (exact) mass is 377 g/mol. The lowest BCUT2D eigenvalue weighted by molar-refractivity contribution is -0.123. The maximum absolute atomic E-state index is 12.4. The number of hydrogen-bond donors (Lipinski definition) is 2. The van der Waals surface area contributed by atoms with Gasteiger partial charge in [0.05, 0.1) is 11.6 Å². The molecule has 0 saturated carbocycles. The predicted octanol–water partition coefficient (Wildman–Crippen LogP) is 3.13. The first kappa shape index (κ1) is 18.2. The summed E-state index contributed by atoms with van der Waals surface area (Å²) < 4.78 is 5.31. The second-order valence-corrected chi connectivity index (χ2v) is 6.37. The normalized spacial score (nSPS) is 9.89. The van der Waals surface area contributed by atoms with E-state index in [4.69, 9.17) is 10.00 Å². The summed E-state index contributed by atoms with van der Waals surface area (Å²) in [5, 5.41) is 10.6. The van der Waals surface area contributed by atoms with Crippen LogP contribution in [-0.2, 0) is 4.79 Å². The first-order chi connectivity index (χ1) is 13.2. The molecule has 0 atom stereocenters. The summed E-state index contributed by atoms with van der Waals surface area (Å²) in [6, 6.07) is 19.8. The number of carbonyl (C=O) groups is 2. The largest absolute Gasteiger partial charge is 0.484 e. The molecule has 6 nitrogen and oxygen atoms in total. The van der Waals surface area contributed by atoms with E-state index >= 15 is 0 Å². The average Bonchev–Trinajstić information content (AvgIpc) is 3.21. The highest BCUT2D eigenvalue weighted by Gasteiger charge is 2.15. The van der Waals surface area contributed by atoms with Gasteiger partial charge in [-0.3, -0.25) is 20.4 Å². The van der Waals surface area contributed by atoms with Crippen molar-refractivity contribution in [3.63, 3.8) is 0 Å². The van der Waals surface area contributed by atoms with Gasteiger partial charge in [0.25, 0.3) is 11.8 Å². The fourth-order valence-corrected chi connectivity index (χ4v) is 3.14. The maximum Gasteiger partial charge on any atom is 0.280 e. The van der Waals surface area contributed by atoms with Crippen molar-refractivity contribution >= 4 is 23.2 Å². The molecule has 1 heterocycles. The molecule has 0 aliphatic carbocycles. The maximum atomic E-state index is 12.4. The Kier molecular flexibility index (Phi) is 5.82. The number of rotatable bonds is 5. The Morgan fingerprint density at radius 2 is 1.74 bits per heavy atom. The van der Waals surface area contributed by atoms with Crippen molar-refractivity contribution in [1.82, 2.24) is 10.9 Å². The van der Waals surface area contributed by atoms with Crippen molar-refractivity contribution in [3.8, 4) is 22.9 Å². The second kappa shape index (κ2) is 8.65. The molecule has 0 aliphatic heterocycles. The van der Waals surface area contributed by atoms with Gasteiger partial charge in [-0.05, 0) is 41.3 Å². The van der Waals surface area contributed by atoms with E-state index in [1.807, 2.05) is 47.8 Å². The Labute approximate surface area is 160 Å². The molecular formula is C20H15N3O3S. The van der Waals surface area contributed by atoms with Crippen molar-refractivity contribution in [2.24, 2.45) is 0 Å². The smallest absolute Gasteiger partial charge is 0.280 e. The van der Waals surface area contributed by atoms with Crippen molar-refractivity contribution in [2.75, 3.05) is 6.61 Å². The number of nitrogens with one attached hydrogen (secondary N) is 2. The molecule has 0 unspecified atom stereocenters. The van der Waals surface area contributed by atoms with Gasteiger partial charge in [0.1, 0.15) is 10.6 Å². The summed E-state index contributed by atoms with van der Waals surface area (Å²) in [5.41, 5.74) is 6.97. The Hall–Kier alpha value is -3.63. The molecule has 0 fully saturated rings. The number of nitrogens with zero attached hydrogens (tertiary/aromatic N) is 1. The lowest BCUT2D eigenvalue weighted by Crippen LogP contribution is -2.43. The van der Waals surface area contributed by atoms with E-state index in [1.165, 1.54) is 11.3 Å². The van der Waals surface area contributed by atoms with Crippen molar-refractivity contribution in [2.45, 2.75) is 0 Å². The van der Waals surface area contributed by atoms with Crippen molar-refractivity contribution in [3.05, 3.63) is 76.5 Å². The number of benzene rings is 2. The van der Waals surface area contributed by atoms with E-state index in [9.17, 15) is 9.59 Å². The highest BCUT2D eigenvalue weighted by molar-refractivity contribution is 7.12. The minimum atomic E-state index is -0.495. The van der Waals surface area contributed by atoms with Crippen LogP contribution in [0.25, 0.3) is 11.1 Å². The topological polar surface area (TPSA) is 91.2 Å². The molecule has 27 heavy (non-hydrogen) atoms. The summed E-state index contributed by atoms with van der Waals surface area (Å²) >= 11 is 1.30. The molecule has 2 aromatic carbocycles. The van der Waals surface area contributed by atoms with Gasteiger partial charge in [0, 0.05) is 5.56 Å². The molecule has 134 valence electrons. The zero-order chi connectivity index (χ0) is 19.1. The van der Waals surface area contributed by atoms with Gasteiger partial charge in [-0.15, -0.1) is 11.3 Å². The van der Waals surface area contributed by atoms with Crippen LogP contribution >= 0.6 is 11.3 Å². The Bertz CT molecular complexity index is 976. The van der Waals surface area contributed by atoms with Gasteiger partial charge >= 0.3 is 0 Å². The summed E-state index contributed by atoms with van der Waals surface area (Å²) in [6.07, 6.45) is 0.